The van der Waals surface area contributed by atoms with E-state index >= 15 is 0 Å². The third kappa shape index (κ3) is 4.26. The zero-order valence-corrected chi connectivity index (χ0v) is 14.1. The van der Waals surface area contributed by atoms with E-state index in [1.165, 1.54) is 0 Å². The second-order valence-electron chi connectivity index (χ2n) is 6.44. The minimum absolute atomic E-state index is 0.0389. The maximum Gasteiger partial charge on any atom is 0.274 e. The van der Waals surface area contributed by atoms with Crippen LogP contribution in [-0.2, 0) is 4.74 Å². The van der Waals surface area contributed by atoms with E-state index in [0.29, 0.717) is 24.7 Å². The van der Waals surface area contributed by atoms with Crippen LogP contribution >= 0.6 is 0 Å². The van der Waals surface area contributed by atoms with Gasteiger partial charge in [0, 0.05) is 19.3 Å². The average molecular weight is 305 g/mol. The molecule has 2 heterocycles. The highest BCUT2D eigenvalue weighted by Crippen LogP contribution is 2.22. The summed E-state index contributed by atoms with van der Waals surface area (Å²) in [6.07, 6.45) is 6.70. The van der Waals surface area contributed by atoms with Gasteiger partial charge in [-0.25, -0.2) is 4.98 Å². The third-order valence-electron chi connectivity index (χ3n) is 4.10. The molecule has 1 saturated heterocycles. The molecule has 0 saturated carbocycles. The Bertz CT molecular complexity index is 487. The van der Waals surface area contributed by atoms with Crippen LogP contribution in [0.25, 0.3) is 0 Å². The first-order chi connectivity index (χ1) is 10.5. The molecule has 5 heteroatoms. The Hall–Kier alpha value is -1.49. The Labute approximate surface area is 133 Å². The van der Waals surface area contributed by atoms with E-state index < -0.39 is 0 Å². The van der Waals surface area contributed by atoms with Gasteiger partial charge in [0.1, 0.15) is 5.69 Å². The fraction of sp³-hybridized carbons (Fsp3) is 0.706. The highest BCUT2D eigenvalue weighted by Gasteiger charge is 2.32. The van der Waals surface area contributed by atoms with Crippen LogP contribution in [0.1, 0.15) is 56.2 Å². The Morgan fingerprint density at radius 3 is 2.73 bits per heavy atom. The van der Waals surface area contributed by atoms with Gasteiger partial charge in [0.25, 0.3) is 5.91 Å². The van der Waals surface area contributed by atoms with Crippen LogP contribution in [0, 0.1) is 12.8 Å². The standard InChI is InChI=1S/C17H27N3O2/c1-5-6-7-14-10-20(11-16(22-14)12(2)3)17(21)15-9-18-13(4)8-19-15/h8-9,12,14,16H,5-7,10-11H2,1-4H3/t14-,16-/m1/s1. The van der Waals surface area contributed by atoms with E-state index in [1.54, 1.807) is 12.4 Å². The van der Waals surface area contributed by atoms with Crippen molar-refractivity contribution in [2.75, 3.05) is 13.1 Å². The van der Waals surface area contributed by atoms with E-state index in [9.17, 15) is 4.79 Å². The predicted molar refractivity (Wildman–Crippen MR) is 85.7 cm³/mol. The lowest BCUT2D eigenvalue weighted by Crippen LogP contribution is -2.51. The van der Waals surface area contributed by atoms with Gasteiger partial charge in [-0.2, -0.15) is 0 Å². The number of aryl methyl sites for hydroxylation is 1. The van der Waals surface area contributed by atoms with Gasteiger partial charge in [0.05, 0.1) is 24.1 Å². The Morgan fingerprint density at radius 1 is 1.36 bits per heavy atom. The van der Waals surface area contributed by atoms with Gasteiger partial charge in [-0.05, 0) is 19.3 Å². The number of morpholine rings is 1. The molecule has 0 aliphatic carbocycles. The first kappa shape index (κ1) is 16.9. The molecule has 0 unspecified atom stereocenters. The number of rotatable bonds is 5. The maximum absolute atomic E-state index is 12.7. The van der Waals surface area contributed by atoms with E-state index in [1.807, 2.05) is 11.8 Å². The Morgan fingerprint density at radius 2 is 2.14 bits per heavy atom. The average Bonchev–Trinajstić information content (AvgIpc) is 2.52. The van der Waals surface area contributed by atoms with Crippen molar-refractivity contribution in [1.29, 1.82) is 0 Å². The molecule has 0 aromatic carbocycles. The minimum Gasteiger partial charge on any atom is -0.371 e. The SMILES string of the molecule is CCCC[C@@H]1CN(C(=O)c2cnc(C)cn2)C[C@H](C(C)C)O1. The van der Waals surface area contributed by atoms with Crippen LogP contribution in [-0.4, -0.2) is 46.1 Å². The topological polar surface area (TPSA) is 55.3 Å². The Kier molecular flexibility index (Phi) is 5.89. The molecule has 1 aromatic rings. The summed E-state index contributed by atoms with van der Waals surface area (Å²) >= 11 is 0. The summed E-state index contributed by atoms with van der Waals surface area (Å²) in [5.41, 5.74) is 1.24. The molecule has 1 amide bonds. The first-order valence-corrected chi connectivity index (χ1v) is 8.24. The lowest BCUT2D eigenvalue weighted by Gasteiger charge is -2.39. The fourth-order valence-electron chi connectivity index (χ4n) is 2.66. The lowest BCUT2D eigenvalue weighted by molar-refractivity contribution is -0.0963. The van der Waals surface area contributed by atoms with E-state index in [2.05, 4.69) is 30.7 Å². The van der Waals surface area contributed by atoms with Crippen molar-refractivity contribution in [2.24, 2.45) is 5.92 Å². The second kappa shape index (κ2) is 7.68. The summed E-state index contributed by atoms with van der Waals surface area (Å²) in [4.78, 5) is 22.9. The molecule has 0 bridgehead atoms. The molecule has 2 atom stereocenters. The van der Waals surface area contributed by atoms with Crippen molar-refractivity contribution in [2.45, 2.75) is 59.2 Å². The van der Waals surface area contributed by atoms with Crippen molar-refractivity contribution in [3.8, 4) is 0 Å². The van der Waals surface area contributed by atoms with Crippen molar-refractivity contribution in [1.82, 2.24) is 14.9 Å². The highest BCUT2D eigenvalue weighted by atomic mass is 16.5. The Balaban J connectivity index is 2.09. The van der Waals surface area contributed by atoms with Crippen LogP contribution in [0.2, 0.25) is 0 Å². The van der Waals surface area contributed by atoms with Gasteiger partial charge in [-0.15, -0.1) is 0 Å². The second-order valence-corrected chi connectivity index (χ2v) is 6.44. The molecule has 122 valence electrons. The summed E-state index contributed by atoms with van der Waals surface area (Å²) in [6.45, 7) is 9.60. The zero-order valence-electron chi connectivity index (χ0n) is 14.1. The van der Waals surface area contributed by atoms with Gasteiger partial charge in [0.15, 0.2) is 0 Å². The number of aromatic nitrogens is 2. The number of ether oxygens (including phenoxy) is 1. The van der Waals surface area contributed by atoms with E-state index in [-0.39, 0.29) is 18.1 Å². The molecule has 1 fully saturated rings. The van der Waals surface area contributed by atoms with Crippen molar-refractivity contribution >= 4 is 5.91 Å². The van der Waals surface area contributed by atoms with Gasteiger partial charge < -0.3 is 9.64 Å². The first-order valence-electron chi connectivity index (χ1n) is 8.24. The van der Waals surface area contributed by atoms with Gasteiger partial charge in [0.2, 0.25) is 0 Å². The number of hydrogen-bond donors (Lipinski definition) is 0. The predicted octanol–water partition coefficient (Wildman–Crippen LogP) is 2.84. The van der Waals surface area contributed by atoms with Crippen molar-refractivity contribution in [3.63, 3.8) is 0 Å². The number of hydrogen-bond acceptors (Lipinski definition) is 4. The quantitative estimate of drug-likeness (QED) is 0.839. The number of carbonyl (C=O) groups is 1. The van der Waals surface area contributed by atoms with E-state index in [0.717, 1.165) is 25.0 Å². The van der Waals surface area contributed by atoms with Gasteiger partial charge >= 0.3 is 0 Å². The fourth-order valence-corrected chi connectivity index (χ4v) is 2.66. The van der Waals surface area contributed by atoms with Crippen LogP contribution in [0.3, 0.4) is 0 Å². The lowest BCUT2D eigenvalue weighted by atomic mass is 10.0. The summed E-state index contributed by atoms with van der Waals surface area (Å²) in [7, 11) is 0. The number of nitrogens with zero attached hydrogens (tertiary/aromatic N) is 3. The molecule has 0 radical (unpaired) electrons. The van der Waals surface area contributed by atoms with Gasteiger partial charge in [-0.1, -0.05) is 33.6 Å². The molecule has 1 aliphatic heterocycles. The maximum atomic E-state index is 12.7. The molecular weight excluding hydrogens is 278 g/mol. The van der Waals surface area contributed by atoms with Crippen LogP contribution < -0.4 is 0 Å². The zero-order chi connectivity index (χ0) is 16.1. The largest absolute Gasteiger partial charge is 0.371 e. The number of carbonyl (C=O) groups excluding carboxylic acids is 1. The van der Waals surface area contributed by atoms with Crippen LogP contribution in [0.4, 0.5) is 0 Å². The molecule has 1 aliphatic rings. The van der Waals surface area contributed by atoms with Crippen LogP contribution in [0.15, 0.2) is 12.4 Å². The monoisotopic (exact) mass is 305 g/mol. The van der Waals surface area contributed by atoms with E-state index in [4.69, 9.17) is 4.74 Å². The summed E-state index contributed by atoms with van der Waals surface area (Å²) in [5, 5.41) is 0. The molecule has 0 spiro atoms. The molecule has 1 aromatic heterocycles. The smallest absolute Gasteiger partial charge is 0.274 e. The normalized spacial score (nSPS) is 22.1. The highest BCUT2D eigenvalue weighted by molar-refractivity contribution is 5.92. The summed E-state index contributed by atoms with van der Waals surface area (Å²) in [5.74, 6) is 0.353. The molecule has 0 N–H and O–H groups in total. The summed E-state index contributed by atoms with van der Waals surface area (Å²) in [6, 6.07) is 0. The third-order valence-corrected chi connectivity index (χ3v) is 4.10. The van der Waals surface area contributed by atoms with Crippen LogP contribution in [0.5, 0.6) is 0 Å². The minimum atomic E-state index is -0.0389. The van der Waals surface area contributed by atoms with Crippen molar-refractivity contribution < 1.29 is 9.53 Å². The number of unbranched alkanes of at least 4 members (excludes halogenated alkanes) is 1. The molecular formula is C17H27N3O2. The number of amides is 1. The van der Waals surface area contributed by atoms with Gasteiger partial charge in [-0.3, -0.25) is 9.78 Å². The summed E-state index contributed by atoms with van der Waals surface area (Å²) < 4.78 is 6.16. The molecule has 2 rings (SSSR count). The molecule has 22 heavy (non-hydrogen) atoms. The molecule has 5 nitrogen and oxygen atoms in total. The van der Waals surface area contributed by atoms with Crippen molar-refractivity contribution in [3.05, 3.63) is 23.8 Å².